The predicted octanol–water partition coefficient (Wildman–Crippen LogP) is 1.61. The van der Waals surface area contributed by atoms with Gasteiger partial charge in [-0.15, -0.1) is 0 Å². The molecule has 0 amide bonds. The topological polar surface area (TPSA) is 49.7 Å². The lowest BCUT2D eigenvalue weighted by Gasteiger charge is -2.14. The maximum absolute atomic E-state index is 13.0. The highest BCUT2D eigenvalue weighted by Gasteiger charge is 2.43. The minimum absolute atomic E-state index is 2.01. The summed E-state index contributed by atoms with van der Waals surface area (Å²) < 4.78 is 91.6. The van der Waals surface area contributed by atoms with Crippen LogP contribution in [-0.4, -0.2) is 17.4 Å². The molecule has 0 radical (unpaired) electrons. The molecule has 1 aromatic rings. The molecule has 0 spiro atoms. The number of alkyl halides is 3. The van der Waals surface area contributed by atoms with Crippen LogP contribution < -0.4 is 4.65 Å². The van der Waals surface area contributed by atoms with E-state index in [0.717, 1.165) is 0 Å². The van der Waals surface area contributed by atoms with Crippen molar-refractivity contribution < 1.29 is 45.4 Å². The highest BCUT2D eigenvalue weighted by atomic mass is 19.4. The van der Waals surface area contributed by atoms with Gasteiger partial charge in [0.05, 0.1) is 0 Å². The van der Waals surface area contributed by atoms with Crippen molar-refractivity contribution in [3.8, 4) is 5.75 Å². The van der Waals surface area contributed by atoms with Gasteiger partial charge in [0.15, 0.2) is 17.4 Å². The van der Waals surface area contributed by atoms with Crippen molar-refractivity contribution in [3.63, 3.8) is 0 Å². The van der Waals surface area contributed by atoms with Gasteiger partial charge in [0.2, 0.25) is 11.6 Å². The Bertz CT molecular complexity index is 444. The zero-order chi connectivity index (χ0) is 14.2. The molecule has 3 nitrogen and oxygen atoms in total. The molecule has 0 fully saturated rings. The fraction of sp³-hybridized carbons (Fsp3) is 0.143. The van der Waals surface area contributed by atoms with E-state index in [9.17, 15) is 30.7 Å². The molecule has 0 bridgehead atoms. The molecule has 0 unspecified atom stereocenters. The highest BCUT2D eigenvalue weighted by molar-refractivity contribution is 6.33. The van der Waals surface area contributed by atoms with Crippen molar-refractivity contribution in [3.05, 3.63) is 28.8 Å². The Balaban J connectivity index is 3.56. The first-order chi connectivity index (χ1) is 8.07. The van der Waals surface area contributed by atoms with Crippen molar-refractivity contribution in [2.24, 2.45) is 0 Å². The maximum atomic E-state index is 13.0. The smallest absolute Gasteiger partial charge is 0.507 e. The van der Waals surface area contributed by atoms with Gasteiger partial charge in [0.25, 0.3) is 0 Å². The summed E-state index contributed by atoms with van der Waals surface area (Å²) in [6.45, 7) is 0. The minimum atomic E-state index is -5.67. The third-order valence-corrected chi connectivity index (χ3v) is 1.73. The third-order valence-electron chi connectivity index (χ3n) is 1.73. The SMILES string of the molecule is OB(O)Oc1c(F)c(F)c(C(F)(F)F)c(F)c1F. The Morgan fingerprint density at radius 1 is 0.833 bits per heavy atom. The summed E-state index contributed by atoms with van der Waals surface area (Å²) in [6, 6.07) is 0. The average Bonchev–Trinajstić information content (AvgIpc) is 2.19. The van der Waals surface area contributed by atoms with E-state index in [1.165, 1.54) is 0 Å². The largest absolute Gasteiger partial charge is 0.707 e. The first-order valence-electron chi connectivity index (χ1n) is 4.03. The molecule has 0 aliphatic carbocycles. The Labute approximate surface area is 94.6 Å². The van der Waals surface area contributed by atoms with Gasteiger partial charge < -0.3 is 14.7 Å². The van der Waals surface area contributed by atoms with Gasteiger partial charge in [0, 0.05) is 0 Å². The van der Waals surface area contributed by atoms with Gasteiger partial charge in [-0.1, -0.05) is 0 Å². The van der Waals surface area contributed by atoms with E-state index >= 15 is 0 Å². The second kappa shape index (κ2) is 4.65. The van der Waals surface area contributed by atoms with Crippen LogP contribution in [0.25, 0.3) is 0 Å². The predicted molar refractivity (Wildman–Crippen MR) is 42.1 cm³/mol. The molecule has 1 rings (SSSR count). The molecule has 100 valence electrons. The Hall–Kier alpha value is -1.49. The van der Waals surface area contributed by atoms with Gasteiger partial charge in [-0.05, 0) is 0 Å². The second-order valence-electron chi connectivity index (χ2n) is 2.90. The lowest BCUT2D eigenvalue weighted by molar-refractivity contribution is -0.143. The summed E-state index contributed by atoms with van der Waals surface area (Å²) >= 11 is 0. The fourth-order valence-corrected chi connectivity index (χ4v) is 1.07. The Morgan fingerprint density at radius 3 is 1.50 bits per heavy atom. The van der Waals surface area contributed by atoms with Crippen LogP contribution in [0.15, 0.2) is 0 Å². The highest BCUT2D eigenvalue weighted by Crippen LogP contribution is 2.39. The van der Waals surface area contributed by atoms with Crippen LogP contribution in [0.1, 0.15) is 5.56 Å². The third kappa shape index (κ3) is 2.51. The summed E-state index contributed by atoms with van der Waals surface area (Å²) in [6.07, 6.45) is -5.67. The van der Waals surface area contributed by atoms with E-state index in [2.05, 4.69) is 4.65 Å². The average molecular weight is 278 g/mol. The van der Waals surface area contributed by atoms with Gasteiger partial charge in [0.1, 0.15) is 5.56 Å². The van der Waals surface area contributed by atoms with Crippen molar-refractivity contribution >= 4 is 7.32 Å². The van der Waals surface area contributed by atoms with Gasteiger partial charge in [-0.25, -0.2) is 8.78 Å². The van der Waals surface area contributed by atoms with E-state index in [-0.39, 0.29) is 0 Å². The number of benzene rings is 1. The standard InChI is InChI=1S/C7H2BF7O3/c9-2-1(7(13,14)15)3(10)5(12)6(4(2)11)18-8(16)17/h16-17H. The second-order valence-corrected chi connectivity index (χ2v) is 2.90. The van der Waals surface area contributed by atoms with Crippen LogP contribution in [0.4, 0.5) is 30.7 Å². The zero-order valence-electron chi connectivity index (χ0n) is 8.03. The normalized spacial score (nSPS) is 11.6. The van der Waals surface area contributed by atoms with E-state index in [0.29, 0.717) is 0 Å². The van der Waals surface area contributed by atoms with E-state index < -0.39 is 48.1 Å². The van der Waals surface area contributed by atoms with Crippen molar-refractivity contribution in [1.29, 1.82) is 0 Å². The quantitative estimate of drug-likeness (QED) is 0.491. The summed E-state index contributed by atoms with van der Waals surface area (Å²) in [4.78, 5) is 0. The zero-order valence-corrected chi connectivity index (χ0v) is 8.03. The molecule has 2 N–H and O–H groups in total. The van der Waals surface area contributed by atoms with E-state index in [1.807, 2.05) is 0 Å². The summed E-state index contributed by atoms with van der Waals surface area (Å²) in [5, 5.41) is 16.4. The van der Waals surface area contributed by atoms with Crippen LogP contribution in [-0.2, 0) is 6.18 Å². The Morgan fingerprint density at radius 2 is 1.22 bits per heavy atom. The van der Waals surface area contributed by atoms with E-state index in [4.69, 9.17) is 10.0 Å². The van der Waals surface area contributed by atoms with Crippen LogP contribution in [0.3, 0.4) is 0 Å². The molecule has 18 heavy (non-hydrogen) atoms. The fourth-order valence-electron chi connectivity index (χ4n) is 1.07. The van der Waals surface area contributed by atoms with Crippen LogP contribution in [0.2, 0.25) is 0 Å². The molecule has 0 atom stereocenters. The number of hydrogen-bond acceptors (Lipinski definition) is 3. The lowest BCUT2D eigenvalue weighted by Crippen LogP contribution is -2.24. The molecule has 1 aromatic carbocycles. The Kier molecular flexibility index (Phi) is 3.76. The maximum Gasteiger partial charge on any atom is 0.707 e. The summed E-state index contributed by atoms with van der Waals surface area (Å²) in [5.41, 5.74) is -2.78. The molecule has 0 aliphatic rings. The summed E-state index contributed by atoms with van der Waals surface area (Å²) in [5.74, 6) is -12.6. The van der Waals surface area contributed by atoms with Crippen LogP contribution >= 0.6 is 0 Å². The van der Waals surface area contributed by atoms with Gasteiger partial charge in [-0.2, -0.15) is 22.0 Å². The number of rotatable bonds is 2. The molecule has 11 heteroatoms. The molecule has 0 aliphatic heterocycles. The minimum Gasteiger partial charge on any atom is -0.507 e. The first-order valence-corrected chi connectivity index (χ1v) is 4.03. The molecule has 0 saturated carbocycles. The van der Waals surface area contributed by atoms with Crippen LogP contribution in [0, 0.1) is 23.3 Å². The molecular weight excluding hydrogens is 276 g/mol. The molecule has 0 saturated heterocycles. The van der Waals surface area contributed by atoms with Crippen molar-refractivity contribution in [1.82, 2.24) is 0 Å². The molecular formula is C7H2BF7O3. The van der Waals surface area contributed by atoms with Crippen LogP contribution in [0.5, 0.6) is 5.75 Å². The monoisotopic (exact) mass is 278 g/mol. The summed E-state index contributed by atoms with van der Waals surface area (Å²) in [7, 11) is -2.87. The van der Waals surface area contributed by atoms with Gasteiger partial charge in [-0.3, -0.25) is 0 Å². The van der Waals surface area contributed by atoms with Gasteiger partial charge >= 0.3 is 13.5 Å². The van der Waals surface area contributed by atoms with E-state index in [1.54, 1.807) is 0 Å². The first kappa shape index (κ1) is 14.6. The number of halogens is 7. The lowest BCUT2D eigenvalue weighted by atomic mass is 10.1. The van der Waals surface area contributed by atoms with Crippen molar-refractivity contribution in [2.75, 3.05) is 0 Å². The molecule has 0 aromatic heterocycles. The number of hydrogen-bond donors (Lipinski definition) is 2. The molecule has 0 heterocycles. The van der Waals surface area contributed by atoms with Crippen molar-refractivity contribution in [2.45, 2.75) is 6.18 Å².